The summed E-state index contributed by atoms with van der Waals surface area (Å²) < 4.78 is 11.0. The first-order valence-electron chi connectivity index (χ1n) is 7.46. The van der Waals surface area contributed by atoms with Gasteiger partial charge in [-0.15, -0.1) is 0 Å². The van der Waals surface area contributed by atoms with E-state index in [0.29, 0.717) is 5.56 Å². The summed E-state index contributed by atoms with van der Waals surface area (Å²) in [6.45, 7) is 0. The Morgan fingerprint density at radius 2 is 2.14 bits per heavy atom. The molecule has 0 bridgehead atoms. The lowest BCUT2D eigenvalue weighted by molar-refractivity contribution is -0.156. The van der Waals surface area contributed by atoms with Gasteiger partial charge in [0.1, 0.15) is 6.10 Å². The number of nitriles is 1. The van der Waals surface area contributed by atoms with Crippen LogP contribution in [0, 0.1) is 17.2 Å². The van der Waals surface area contributed by atoms with Gasteiger partial charge in [-0.3, -0.25) is 4.79 Å². The Labute approximate surface area is 124 Å². The summed E-state index contributed by atoms with van der Waals surface area (Å²) in [6.07, 6.45) is 3.69. The third-order valence-electron chi connectivity index (χ3n) is 4.50. The summed E-state index contributed by atoms with van der Waals surface area (Å²) in [5.41, 5.74) is 1.70. The molecule has 0 saturated heterocycles. The van der Waals surface area contributed by atoms with E-state index in [-0.39, 0.29) is 30.0 Å². The first kappa shape index (κ1) is 14.1. The Morgan fingerprint density at radius 3 is 2.90 bits per heavy atom. The molecule has 2 aliphatic carbocycles. The van der Waals surface area contributed by atoms with E-state index in [0.717, 1.165) is 31.2 Å². The van der Waals surface area contributed by atoms with Crippen LogP contribution in [0.1, 0.15) is 42.7 Å². The molecule has 2 fully saturated rings. The lowest BCUT2D eigenvalue weighted by Gasteiger charge is -2.18. The number of rotatable bonds is 4. The number of ether oxygens (including phenoxy) is 2. The minimum atomic E-state index is -0.115. The molecule has 0 spiro atoms. The summed E-state index contributed by atoms with van der Waals surface area (Å²) in [7, 11) is 1.67. The van der Waals surface area contributed by atoms with Crippen molar-refractivity contribution >= 4 is 5.97 Å². The zero-order valence-corrected chi connectivity index (χ0v) is 12.1. The Morgan fingerprint density at radius 1 is 1.33 bits per heavy atom. The molecule has 0 N–H and O–H groups in total. The summed E-state index contributed by atoms with van der Waals surface area (Å²) in [4.78, 5) is 12.2. The van der Waals surface area contributed by atoms with Crippen LogP contribution in [-0.4, -0.2) is 25.3 Å². The van der Waals surface area contributed by atoms with Crippen LogP contribution in [-0.2, 0) is 14.3 Å². The quantitative estimate of drug-likeness (QED) is 0.798. The molecular formula is C17H19NO3. The molecule has 4 nitrogen and oxygen atoms in total. The van der Waals surface area contributed by atoms with Crippen LogP contribution in [0.5, 0.6) is 0 Å². The Bertz CT molecular complexity index is 578. The van der Waals surface area contributed by atoms with Crippen molar-refractivity contribution in [3.05, 3.63) is 35.4 Å². The third-order valence-corrected chi connectivity index (χ3v) is 4.50. The average molecular weight is 285 g/mol. The maximum Gasteiger partial charge on any atom is 0.309 e. The smallest absolute Gasteiger partial charge is 0.309 e. The van der Waals surface area contributed by atoms with E-state index in [4.69, 9.17) is 14.7 Å². The van der Waals surface area contributed by atoms with Crippen LogP contribution in [0.3, 0.4) is 0 Å². The standard InChI is InChI=1S/C17H19NO3/c1-20-15-6-3-7-16(15)21-17(19)14-9-13(14)12-5-2-4-11(8-12)10-18/h2,4-5,8,13-16H,3,6-7,9H2,1H3/t13-,14-,15+,16-/m0/s1. The van der Waals surface area contributed by atoms with E-state index in [1.54, 1.807) is 13.2 Å². The normalized spacial score (nSPS) is 30.7. The van der Waals surface area contributed by atoms with E-state index in [1.165, 1.54) is 0 Å². The number of esters is 1. The molecule has 0 unspecified atom stereocenters. The molecule has 21 heavy (non-hydrogen) atoms. The van der Waals surface area contributed by atoms with Crippen molar-refractivity contribution in [1.82, 2.24) is 0 Å². The molecule has 3 rings (SSSR count). The zero-order chi connectivity index (χ0) is 14.8. The highest BCUT2D eigenvalue weighted by molar-refractivity contribution is 5.77. The SMILES string of the molecule is CO[C@@H]1CCC[C@@H]1OC(=O)[C@H]1C[C@H]1c1cccc(C#N)c1. The van der Waals surface area contributed by atoms with Crippen LogP contribution in [0.15, 0.2) is 24.3 Å². The molecule has 4 atom stereocenters. The van der Waals surface area contributed by atoms with Gasteiger partial charge in [-0.1, -0.05) is 12.1 Å². The molecular weight excluding hydrogens is 266 g/mol. The number of hydrogen-bond acceptors (Lipinski definition) is 4. The van der Waals surface area contributed by atoms with E-state index in [9.17, 15) is 4.79 Å². The van der Waals surface area contributed by atoms with Gasteiger partial charge in [-0.25, -0.2) is 0 Å². The average Bonchev–Trinajstić information content (AvgIpc) is 3.21. The largest absolute Gasteiger partial charge is 0.459 e. The monoisotopic (exact) mass is 285 g/mol. The van der Waals surface area contributed by atoms with Crippen molar-refractivity contribution in [2.75, 3.05) is 7.11 Å². The van der Waals surface area contributed by atoms with Crippen molar-refractivity contribution in [2.45, 2.75) is 43.8 Å². The zero-order valence-electron chi connectivity index (χ0n) is 12.1. The molecule has 1 aromatic rings. The van der Waals surface area contributed by atoms with Crippen molar-refractivity contribution < 1.29 is 14.3 Å². The van der Waals surface area contributed by atoms with Gasteiger partial charge >= 0.3 is 5.97 Å². The first-order chi connectivity index (χ1) is 10.2. The highest BCUT2D eigenvalue weighted by Crippen LogP contribution is 2.48. The van der Waals surface area contributed by atoms with Crippen LogP contribution in [0.25, 0.3) is 0 Å². The van der Waals surface area contributed by atoms with E-state index in [2.05, 4.69) is 6.07 Å². The van der Waals surface area contributed by atoms with Gasteiger partial charge < -0.3 is 9.47 Å². The molecule has 0 radical (unpaired) electrons. The van der Waals surface area contributed by atoms with Crippen LogP contribution < -0.4 is 0 Å². The number of nitrogens with zero attached hydrogens (tertiary/aromatic N) is 1. The fourth-order valence-electron chi connectivity index (χ4n) is 3.20. The van der Waals surface area contributed by atoms with E-state index < -0.39 is 0 Å². The maximum absolute atomic E-state index is 12.2. The minimum Gasteiger partial charge on any atom is -0.459 e. The van der Waals surface area contributed by atoms with Crippen LogP contribution in [0.2, 0.25) is 0 Å². The van der Waals surface area contributed by atoms with E-state index >= 15 is 0 Å². The Balaban J connectivity index is 1.59. The van der Waals surface area contributed by atoms with Crippen molar-refractivity contribution in [3.8, 4) is 6.07 Å². The van der Waals surface area contributed by atoms with Gasteiger partial charge in [0, 0.05) is 7.11 Å². The summed E-state index contributed by atoms with van der Waals surface area (Å²) in [6, 6.07) is 9.62. The Kier molecular flexibility index (Phi) is 3.94. The van der Waals surface area contributed by atoms with Crippen molar-refractivity contribution in [1.29, 1.82) is 5.26 Å². The third kappa shape index (κ3) is 2.93. The predicted molar refractivity (Wildman–Crippen MR) is 76.5 cm³/mol. The van der Waals surface area contributed by atoms with Gasteiger partial charge in [0.2, 0.25) is 0 Å². The summed E-state index contributed by atoms with van der Waals surface area (Å²) >= 11 is 0. The summed E-state index contributed by atoms with van der Waals surface area (Å²) in [5.74, 6) is 0.0292. The number of carbonyl (C=O) groups is 1. The molecule has 0 aliphatic heterocycles. The molecule has 0 amide bonds. The van der Waals surface area contributed by atoms with Gasteiger partial charge in [0.15, 0.2) is 0 Å². The molecule has 1 aromatic carbocycles. The first-order valence-corrected chi connectivity index (χ1v) is 7.46. The van der Waals surface area contributed by atoms with Crippen molar-refractivity contribution in [3.63, 3.8) is 0 Å². The predicted octanol–water partition coefficient (Wildman–Crippen LogP) is 2.77. The van der Waals surface area contributed by atoms with Crippen molar-refractivity contribution in [2.24, 2.45) is 5.92 Å². The number of methoxy groups -OCH3 is 1. The minimum absolute atomic E-state index is 0.0491. The second-order valence-electron chi connectivity index (χ2n) is 5.87. The highest BCUT2D eigenvalue weighted by atomic mass is 16.6. The topological polar surface area (TPSA) is 59.3 Å². The summed E-state index contributed by atoms with van der Waals surface area (Å²) in [5, 5.41) is 8.93. The maximum atomic E-state index is 12.2. The second-order valence-corrected chi connectivity index (χ2v) is 5.87. The molecule has 4 heteroatoms. The lowest BCUT2D eigenvalue weighted by Crippen LogP contribution is -2.28. The highest BCUT2D eigenvalue weighted by Gasteiger charge is 2.46. The van der Waals surface area contributed by atoms with E-state index in [1.807, 2.05) is 18.2 Å². The van der Waals surface area contributed by atoms with Gasteiger partial charge in [0.05, 0.1) is 23.7 Å². The van der Waals surface area contributed by atoms with Gasteiger partial charge in [-0.05, 0) is 49.3 Å². The molecule has 0 heterocycles. The van der Waals surface area contributed by atoms with Gasteiger partial charge in [-0.2, -0.15) is 5.26 Å². The van der Waals surface area contributed by atoms with Crippen LogP contribution in [0.4, 0.5) is 0 Å². The molecule has 2 saturated carbocycles. The molecule has 110 valence electrons. The molecule has 2 aliphatic rings. The number of benzene rings is 1. The van der Waals surface area contributed by atoms with Crippen LogP contribution >= 0.6 is 0 Å². The fourth-order valence-corrected chi connectivity index (χ4v) is 3.20. The number of carbonyl (C=O) groups excluding carboxylic acids is 1. The lowest BCUT2D eigenvalue weighted by atomic mass is 10.1. The number of hydrogen-bond donors (Lipinski definition) is 0. The fraction of sp³-hybridized carbons (Fsp3) is 0.529. The second kappa shape index (κ2) is 5.87. The van der Waals surface area contributed by atoms with Gasteiger partial charge in [0.25, 0.3) is 0 Å². The molecule has 0 aromatic heterocycles. The Hall–Kier alpha value is -1.86.